The molecule has 1 saturated heterocycles. The topological polar surface area (TPSA) is 67.2 Å². The van der Waals surface area contributed by atoms with Gasteiger partial charge in [-0.15, -0.1) is 0 Å². The Balaban J connectivity index is 1.84. The SMILES string of the molecule is Cn1cc(Br)c(C(=O)N2CCNC[C@]2(C)CC(=O)c2ccc(F)cc2)n1. The van der Waals surface area contributed by atoms with E-state index in [-0.39, 0.29) is 23.9 Å². The van der Waals surface area contributed by atoms with Gasteiger partial charge < -0.3 is 10.2 Å². The molecule has 1 N–H and O–H groups in total. The molecule has 138 valence electrons. The number of aromatic nitrogens is 2. The number of nitrogens with zero attached hydrogens (tertiary/aromatic N) is 3. The van der Waals surface area contributed by atoms with Gasteiger partial charge in [0.1, 0.15) is 5.82 Å². The molecule has 0 spiro atoms. The number of carbonyl (C=O) groups excluding carboxylic acids is 2. The van der Waals surface area contributed by atoms with Crippen molar-refractivity contribution in [3.63, 3.8) is 0 Å². The van der Waals surface area contributed by atoms with Crippen LogP contribution in [0.4, 0.5) is 4.39 Å². The molecule has 6 nitrogen and oxygen atoms in total. The Morgan fingerprint density at radius 1 is 1.35 bits per heavy atom. The summed E-state index contributed by atoms with van der Waals surface area (Å²) in [5.41, 5.74) is 0.0667. The standard InChI is InChI=1S/C18H20BrFN4O2/c1-18(9-15(25)12-3-5-13(20)6-4-12)11-21-7-8-24(18)17(26)16-14(19)10-23(2)22-16/h3-6,10,21H,7-9,11H2,1-2H3/t18-/m0/s1. The summed E-state index contributed by atoms with van der Waals surface area (Å²) in [5, 5.41) is 7.48. The largest absolute Gasteiger partial charge is 0.329 e. The molecule has 2 aromatic rings. The predicted octanol–water partition coefficient (Wildman–Crippen LogP) is 2.40. The molecule has 0 saturated carbocycles. The van der Waals surface area contributed by atoms with E-state index in [2.05, 4.69) is 26.3 Å². The summed E-state index contributed by atoms with van der Waals surface area (Å²) in [5.74, 6) is -0.730. The first kappa shape index (κ1) is 18.7. The van der Waals surface area contributed by atoms with E-state index in [1.54, 1.807) is 22.8 Å². The van der Waals surface area contributed by atoms with Gasteiger partial charge in [-0.2, -0.15) is 5.10 Å². The number of piperazine rings is 1. The molecular weight excluding hydrogens is 403 g/mol. The van der Waals surface area contributed by atoms with Crippen molar-refractivity contribution in [1.82, 2.24) is 20.0 Å². The number of hydrogen-bond donors (Lipinski definition) is 1. The zero-order valence-corrected chi connectivity index (χ0v) is 16.2. The van der Waals surface area contributed by atoms with Gasteiger partial charge in [0.15, 0.2) is 11.5 Å². The first-order chi connectivity index (χ1) is 12.3. The second-order valence-electron chi connectivity index (χ2n) is 6.74. The smallest absolute Gasteiger partial charge is 0.276 e. The van der Waals surface area contributed by atoms with Crippen molar-refractivity contribution in [3.05, 3.63) is 52.0 Å². The minimum Gasteiger partial charge on any atom is -0.329 e. The van der Waals surface area contributed by atoms with Crippen LogP contribution in [0.5, 0.6) is 0 Å². The van der Waals surface area contributed by atoms with Gasteiger partial charge >= 0.3 is 0 Å². The Kier molecular flexibility index (Phi) is 5.24. The number of halogens is 2. The summed E-state index contributed by atoms with van der Waals surface area (Å²) >= 11 is 3.37. The van der Waals surface area contributed by atoms with E-state index < -0.39 is 5.54 Å². The molecule has 2 heterocycles. The lowest BCUT2D eigenvalue weighted by Crippen LogP contribution is -2.62. The summed E-state index contributed by atoms with van der Waals surface area (Å²) in [4.78, 5) is 27.4. The molecule has 26 heavy (non-hydrogen) atoms. The van der Waals surface area contributed by atoms with Gasteiger partial charge in [-0.25, -0.2) is 4.39 Å². The minimum atomic E-state index is -0.697. The zero-order chi connectivity index (χ0) is 18.9. The Morgan fingerprint density at radius 2 is 2.04 bits per heavy atom. The highest BCUT2D eigenvalue weighted by Crippen LogP contribution is 2.27. The Labute approximate surface area is 159 Å². The fourth-order valence-corrected chi connectivity index (χ4v) is 3.78. The van der Waals surface area contributed by atoms with E-state index in [0.29, 0.717) is 35.4 Å². The monoisotopic (exact) mass is 422 g/mol. The maximum atomic E-state index is 13.1. The summed E-state index contributed by atoms with van der Waals surface area (Å²) < 4.78 is 15.3. The Hall–Kier alpha value is -2.06. The third-order valence-corrected chi connectivity index (χ3v) is 5.19. The predicted molar refractivity (Wildman–Crippen MR) is 98.6 cm³/mol. The van der Waals surface area contributed by atoms with Gasteiger partial charge in [-0.05, 0) is 47.1 Å². The lowest BCUT2D eigenvalue weighted by atomic mass is 9.88. The van der Waals surface area contributed by atoms with E-state index in [9.17, 15) is 14.0 Å². The molecule has 1 aliphatic heterocycles. The van der Waals surface area contributed by atoms with E-state index >= 15 is 0 Å². The lowest BCUT2D eigenvalue weighted by Gasteiger charge is -2.44. The van der Waals surface area contributed by atoms with Gasteiger partial charge in [0, 0.05) is 44.9 Å². The van der Waals surface area contributed by atoms with E-state index in [1.165, 1.54) is 24.3 Å². The molecule has 3 rings (SSSR count). The molecule has 1 amide bonds. The van der Waals surface area contributed by atoms with Crippen LogP contribution < -0.4 is 5.32 Å². The number of ketones is 1. The number of amides is 1. The molecule has 1 aliphatic rings. The fraction of sp³-hybridized carbons (Fsp3) is 0.389. The summed E-state index contributed by atoms with van der Waals surface area (Å²) in [6.07, 6.45) is 1.86. The van der Waals surface area contributed by atoms with Crippen LogP contribution in [0.25, 0.3) is 0 Å². The number of carbonyl (C=O) groups is 2. The number of nitrogens with one attached hydrogen (secondary N) is 1. The summed E-state index contributed by atoms with van der Waals surface area (Å²) in [6, 6.07) is 5.47. The lowest BCUT2D eigenvalue weighted by molar-refractivity contribution is 0.0387. The van der Waals surface area contributed by atoms with Crippen molar-refractivity contribution in [1.29, 1.82) is 0 Å². The normalized spacial score (nSPS) is 20.2. The first-order valence-electron chi connectivity index (χ1n) is 8.31. The van der Waals surface area contributed by atoms with E-state index in [0.717, 1.165) is 0 Å². The van der Waals surface area contributed by atoms with Crippen LogP contribution >= 0.6 is 15.9 Å². The molecule has 1 atom stereocenters. The average molecular weight is 423 g/mol. The van der Waals surface area contributed by atoms with Crippen molar-refractivity contribution >= 4 is 27.6 Å². The second kappa shape index (κ2) is 7.28. The molecule has 1 fully saturated rings. The van der Waals surface area contributed by atoms with Crippen molar-refractivity contribution in [2.75, 3.05) is 19.6 Å². The van der Waals surface area contributed by atoms with Crippen LogP contribution in [-0.2, 0) is 7.05 Å². The van der Waals surface area contributed by atoms with Crippen LogP contribution in [-0.4, -0.2) is 51.5 Å². The number of hydrogen-bond acceptors (Lipinski definition) is 4. The van der Waals surface area contributed by atoms with Crippen LogP contribution in [0.1, 0.15) is 34.2 Å². The quantitative estimate of drug-likeness (QED) is 0.768. The summed E-state index contributed by atoms with van der Waals surface area (Å²) in [6.45, 7) is 3.51. The van der Waals surface area contributed by atoms with Gasteiger partial charge in [0.05, 0.1) is 10.0 Å². The molecule has 0 unspecified atom stereocenters. The van der Waals surface area contributed by atoms with Gasteiger partial charge in [-0.3, -0.25) is 14.3 Å². The first-order valence-corrected chi connectivity index (χ1v) is 9.10. The third kappa shape index (κ3) is 3.71. The minimum absolute atomic E-state index is 0.130. The molecule has 0 radical (unpaired) electrons. The highest BCUT2D eigenvalue weighted by Gasteiger charge is 2.40. The van der Waals surface area contributed by atoms with Crippen molar-refractivity contribution in [2.24, 2.45) is 7.05 Å². The molecule has 1 aromatic carbocycles. The molecule has 0 aliphatic carbocycles. The summed E-state index contributed by atoms with van der Waals surface area (Å²) in [7, 11) is 1.75. The molecule has 1 aromatic heterocycles. The fourth-order valence-electron chi connectivity index (χ4n) is 3.23. The van der Waals surface area contributed by atoms with E-state index in [1.807, 2.05) is 6.92 Å². The van der Waals surface area contributed by atoms with Crippen LogP contribution in [0.2, 0.25) is 0 Å². The van der Waals surface area contributed by atoms with Gasteiger partial charge in [-0.1, -0.05) is 0 Å². The average Bonchev–Trinajstić information content (AvgIpc) is 2.93. The Bertz CT molecular complexity index is 836. The van der Waals surface area contributed by atoms with Gasteiger partial charge in [0.2, 0.25) is 0 Å². The van der Waals surface area contributed by atoms with E-state index in [4.69, 9.17) is 0 Å². The van der Waals surface area contributed by atoms with Crippen LogP contribution in [0.3, 0.4) is 0 Å². The maximum absolute atomic E-state index is 13.1. The zero-order valence-electron chi connectivity index (χ0n) is 14.6. The van der Waals surface area contributed by atoms with Crippen molar-refractivity contribution in [2.45, 2.75) is 18.9 Å². The number of rotatable bonds is 4. The highest BCUT2D eigenvalue weighted by atomic mass is 79.9. The van der Waals surface area contributed by atoms with Gasteiger partial charge in [0.25, 0.3) is 5.91 Å². The van der Waals surface area contributed by atoms with Crippen molar-refractivity contribution < 1.29 is 14.0 Å². The molecule has 8 heteroatoms. The van der Waals surface area contributed by atoms with Crippen LogP contribution in [0.15, 0.2) is 34.9 Å². The number of Topliss-reactive ketones (excluding diaryl/α,β-unsaturated/α-hetero) is 1. The Morgan fingerprint density at radius 3 is 2.65 bits per heavy atom. The molecule has 0 bridgehead atoms. The third-order valence-electron chi connectivity index (χ3n) is 4.61. The number of benzene rings is 1. The van der Waals surface area contributed by atoms with Crippen LogP contribution in [0, 0.1) is 5.82 Å². The highest BCUT2D eigenvalue weighted by molar-refractivity contribution is 9.10. The maximum Gasteiger partial charge on any atom is 0.276 e. The molecular formula is C18H20BrFN4O2. The van der Waals surface area contributed by atoms with Crippen molar-refractivity contribution in [3.8, 4) is 0 Å². The number of aryl methyl sites for hydroxylation is 1. The second-order valence-corrected chi connectivity index (χ2v) is 7.59.